The Morgan fingerprint density at radius 1 is 1.31 bits per heavy atom. The molecule has 3 fully saturated rings. The summed E-state index contributed by atoms with van der Waals surface area (Å²) in [7, 11) is 1.76. The highest BCUT2D eigenvalue weighted by Crippen LogP contribution is 2.44. The first-order valence-electron chi connectivity index (χ1n) is 9.76. The summed E-state index contributed by atoms with van der Waals surface area (Å²) in [6, 6.07) is 4.42. The van der Waals surface area contributed by atoms with Crippen LogP contribution < -0.4 is 0 Å². The zero-order chi connectivity index (χ0) is 18.3. The number of hydrogen-bond acceptors (Lipinski definition) is 3. The van der Waals surface area contributed by atoms with E-state index in [1.807, 2.05) is 4.90 Å². The van der Waals surface area contributed by atoms with Gasteiger partial charge in [-0.05, 0) is 75.1 Å². The number of rotatable bonds is 5. The Bertz CT molecular complexity index is 690. The van der Waals surface area contributed by atoms with Gasteiger partial charge >= 0.3 is 0 Å². The average molecular weight is 361 g/mol. The fourth-order valence-corrected chi connectivity index (χ4v) is 4.64. The highest BCUT2D eigenvalue weighted by Gasteiger charge is 2.53. The van der Waals surface area contributed by atoms with E-state index in [-0.39, 0.29) is 29.5 Å². The zero-order valence-electron chi connectivity index (χ0n) is 15.7. The molecular formula is C21H28FNO3. The van der Waals surface area contributed by atoms with Gasteiger partial charge < -0.3 is 14.4 Å². The molecule has 1 amide bonds. The summed E-state index contributed by atoms with van der Waals surface area (Å²) in [4.78, 5) is 15.1. The molecule has 1 saturated heterocycles. The van der Waals surface area contributed by atoms with E-state index < -0.39 is 0 Å². The Labute approximate surface area is 154 Å². The van der Waals surface area contributed by atoms with E-state index in [0.717, 1.165) is 38.2 Å². The lowest BCUT2D eigenvalue weighted by Gasteiger charge is -2.43. The van der Waals surface area contributed by atoms with Gasteiger partial charge in [-0.25, -0.2) is 4.39 Å². The van der Waals surface area contributed by atoms with Gasteiger partial charge in [0.15, 0.2) is 0 Å². The van der Waals surface area contributed by atoms with E-state index in [4.69, 9.17) is 9.47 Å². The summed E-state index contributed by atoms with van der Waals surface area (Å²) in [5, 5.41) is 0. The molecule has 0 N–H and O–H groups in total. The van der Waals surface area contributed by atoms with Gasteiger partial charge in [-0.1, -0.05) is 0 Å². The van der Waals surface area contributed by atoms with Crippen molar-refractivity contribution >= 4 is 5.91 Å². The number of methoxy groups -OCH3 is 1. The van der Waals surface area contributed by atoms with Crippen molar-refractivity contribution in [1.82, 2.24) is 4.90 Å². The average Bonchev–Trinajstić information content (AvgIpc) is 3.38. The Balaban J connectivity index is 1.52. The maximum Gasteiger partial charge on any atom is 0.254 e. The smallest absolute Gasteiger partial charge is 0.254 e. The van der Waals surface area contributed by atoms with Crippen molar-refractivity contribution in [3.8, 4) is 0 Å². The lowest BCUT2D eigenvalue weighted by Crippen LogP contribution is -2.53. The lowest BCUT2D eigenvalue weighted by atomic mass is 9.79. The molecule has 2 saturated carbocycles. The largest absolute Gasteiger partial charge is 0.378 e. The van der Waals surface area contributed by atoms with E-state index in [1.165, 1.54) is 25.0 Å². The SMILES string of the molecule is CO[C@@]12CC[C@H](OCC3CC3)C[C@@H]1N(C(=O)c1ccc(F)cc1C)CC2. The molecule has 5 heteroatoms. The monoisotopic (exact) mass is 361 g/mol. The van der Waals surface area contributed by atoms with Crippen molar-refractivity contribution < 1.29 is 18.7 Å². The van der Waals surface area contributed by atoms with E-state index in [2.05, 4.69) is 0 Å². The minimum absolute atomic E-state index is 0.0192. The maximum absolute atomic E-state index is 13.4. The number of carbonyl (C=O) groups excluding carboxylic acids is 1. The Hall–Kier alpha value is -1.46. The van der Waals surface area contributed by atoms with E-state index in [9.17, 15) is 9.18 Å². The summed E-state index contributed by atoms with van der Waals surface area (Å²) in [6.07, 6.45) is 6.37. The van der Waals surface area contributed by atoms with Crippen LogP contribution in [0.2, 0.25) is 0 Å². The third-order valence-corrected chi connectivity index (χ3v) is 6.49. The fraction of sp³-hybridized carbons (Fsp3) is 0.667. The van der Waals surface area contributed by atoms with Crippen LogP contribution in [0.1, 0.15) is 54.4 Å². The molecular weight excluding hydrogens is 333 g/mol. The number of carbonyl (C=O) groups is 1. The number of ether oxygens (including phenoxy) is 2. The predicted octanol–water partition coefficient (Wildman–Crippen LogP) is 3.71. The molecule has 1 aromatic carbocycles. The zero-order valence-corrected chi connectivity index (χ0v) is 15.7. The molecule has 3 atom stereocenters. The Kier molecular flexibility index (Phi) is 4.78. The number of aryl methyl sites for hydroxylation is 1. The molecule has 1 heterocycles. The highest BCUT2D eigenvalue weighted by molar-refractivity contribution is 5.96. The normalized spacial score (nSPS) is 31.1. The van der Waals surface area contributed by atoms with Gasteiger partial charge in [0, 0.05) is 25.8 Å². The molecule has 4 nitrogen and oxygen atoms in total. The van der Waals surface area contributed by atoms with Crippen LogP contribution in [-0.4, -0.2) is 48.8 Å². The van der Waals surface area contributed by atoms with Gasteiger partial charge in [-0.15, -0.1) is 0 Å². The van der Waals surface area contributed by atoms with Crippen LogP contribution in [0.5, 0.6) is 0 Å². The summed E-state index contributed by atoms with van der Waals surface area (Å²) in [5.41, 5.74) is 1.00. The number of fused-ring (bicyclic) bond motifs is 1. The molecule has 4 rings (SSSR count). The van der Waals surface area contributed by atoms with Gasteiger partial charge in [-0.2, -0.15) is 0 Å². The number of likely N-dealkylation sites (tertiary alicyclic amines) is 1. The van der Waals surface area contributed by atoms with Crippen LogP contribution in [0, 0.1) is 18.7 Å². The molecule has 1 aromatic rings. The lowest BCUT2D eigenvalue weighted by molar-refractivity contribution is -0.0977. The second-order valence-corrected chi connectivity index (χ2v) is 8.17. The first-order chi connectivity index (χ1) is 12.5. The van der Waals surface area contributed by atoms with Crippen molar-refractivity contribution in [2.24, 2.45) is 5.92 Å². The molecule has 0 unspecified atom stereocenters. The number of halogens is 1. The third-order valence-electron chi connectivity index (χ3n) is 6.49. The highest BCUT2D eigenvalue weighted by atomic mass is 19.1. The van der Waals surface area contributed by atoms with Crippen LogP contribution in [0.25, 0.3) is 0 Å². The number of amides is 1. The molecule has 142 valence electrons. The summed E-state index contributed by atoms with van der Waals surface area (Å²) in [6.45, 7) is 3.32. The molecule has 0 spiro atoms. The molecule has 26 heavy (non-hydrogen) atoms. The first kappa shape index (κ1) is 17.9. The molecule has 3 aliphatic rings. The summed E-state index contributed by atoms with van der Waals surface area (Å²) in [5.74, 6) is 0.416. The molecule has 1 aliphatic heterocycles. The van der Waals surface area contributed by atoms with Gasteiger partial charge in [-0.3, -0.25) is 4.79 Å². The fourth-order valence-electron chi connectivity index (χ4n) is 4.64. The van der Waals surface area contributed by atoms with Crippen LogP contribution in [-0.2, 0) is 9.47 Å². The minimum Gasteiger partial charge on any atom is -0.378 e. The summed E-state index contributed by atoms with van der Waals surface area (Å²) < 4.78 is 25.5. The predicted molar refractivity (Wildman–Crippen MR) is 96.6 cm³/mol. The second-order valence-electron chi connectivity index (χ2n) is 8.17. The van der Waals surface area contributed by atoms with Gasteiger partial charge in [0.2, 0.25) is 0 Å². The van der Waals surface area contributed by atoms with Gasteiger partial charge in [0.25, 0.3) is 5.91 Å². The third kappa shape index (κ3) is 3.27. The molecule has 2 aliphatic carbocycles. The van der Waals surface area contributed by atoms with Crippen molar-refractivity contribution in [2.75, 3.05) is 20.3 Å². The van der Waals surface area contributed by atoms with Crippen LogP contribution in [0.4, 0.5) is 4.39 Å². The van der Waals surface area contributed by atoms with Crippen molar-refractivity contribution in [2.45, 2.75) is 63.2 Å². The standard InChI is InChI=1S/C21H28FNO3/c1-14-11-16(22)5-6-18(14)20(24)23-10-9-21(25-2)8-7-17(12-19(21)23)26-13-15-3-4-15/h5-6,11,15,17,19H,3-4,7-10,12-13H2,1-2H3/t17-,19-,21+/m0/s1. The first-order valence-corrected chi connectivity index (χ1v) is 9.76. The van der Waals surface area contributed by atoms with Crippen molar-refractivity contribution in [3.05, 3.63) is 35.1 Å². The van der Waals surface area contributed by atoms with Crippen LogP contribution >= 0.6 is 0 Å². The van der Waals surface area contributed by atoms with Gasteiger partial charge in [0.1, 0.15) is 5.82 Å². The Morgan fingerprint density at radius 3 is 2.81 bits per heavy atom. The number of nitrogens with zero attached hydrogens (tertiary/aromatic N) is 1. The Morgan fingerprint density at radius 2 is 2.12 bits per heavy atom. The van der Waals surface area contributed by atoms with Crippen molar-refractivity contribution in [1.29, 1.82) is 0 Å². The van der Waals surface area contributed by atoms with E-state index >= 15 is 0 Å². The second kappa shape index (κ2) is 6.93. The van der Waals surface area contributed by atoms with Gasteiger partial charge in [0.05, 0.1) is 17.7 Å². The van der Waals surface area contributed by atoms with E-state index in [1.54, 1.807) is 20.1 Å². The van der Waals surface area contributed by atoms with Crippen molar-refractivity contribution in [3.63, 3.8) is 0 Å². The van der Waals surface area contributed by atoms with Crippen LogP contribution in [0.3, 0.4) is 0 Å². The van der Waals surface area contributed by atoms with E-state index in [0.29, 0.717) is 17.7 Å². The van der Waals surface area contributed by atoms with Crippen LogP contribution in [0.15, 0.2) is 18.2 Å². The number of benzene rings is 1. The quantitative estimate of drug-likeness (QED) is 0.802. The minimum atomic E-state index is -0.307. The molecule has 0 radical (unpaired) electrons. The molecule has 0 bridgehead atoms. The summed E-state index contributed by atoms with van der Waals surface area (Å²) >= 11 is 0. The maximum atomic E-state index is 13.4. The number of hydrogen-bond donors (Lipinski definition) is 0. The topological polar surface area (TPSA) is 38.8 Å². The molecule has 0 aromatic heterocycles.